The Morgan fingerprint density at radius 3 is 2.56 bits per heavy atom. The molecule has 0 spiro atoms. The molecule has 3 aromatic rings. The summed E-state index contributed by atoms with van der Waals surface area (Å²) in [4.78, 5) is 26.4. The van der Waals surface area contributed by atoms with Crippen LogP contribution in [0, 0.1) is 0 Å². The quantitative estimate of drug-likeness (QED) is 0.653. The van der Waals surface area contributed by atoms with E-state index >= 15 is 0 Å². The summed E-state index contributed by atoms with van der Waals surface area (Å²) in [5.41, 5.74) is 1.99. The Morgan fingerprint density at radius 2 is 1.81 bits per heavy atom. The highest BCUT2D eigenvalue weighted by Crippen LogP contribution is 2.21. The Hall–Kier alpha value is -2.99. The first-order valence-electron chi connectivity index (χ1n) is 8.92. The van der Waals surface area contributed by atoms with E-state index in [-0.39, 0.29) is 5.91 Å². The van der Waals surface area contributed by atoms with Crippen molar-refractivity contribution < 1.29 is 4.79 Å². The molecular formula is C21H20N4OS. The molecule has 1 aliphatic rings. The van der Waals surface area contributed by atoms with Crippen molar-refractivity contribution in [2.24, 2.45) is 0 Å². The van der Waals surface area contributed by atoms with Gasteiger partial charge in [0.05, 0.1) is 5.69 Å². The molecule has 0 unspecified atom stereocenters. The molecule has 0 saturated carbocycles. The summed E-state index contributed by atoms with van der Waals surface area (Å²) in [6.07, 6.45) is 5.16. The Kier molecular flexibility index (Phi) is 5.25. The second-order valence-electron chi connectivity index (χ2n) is 6.29. The van der Waals surface area contributed by atoms with Crippen LogP contribution >= 0.6 is 11.3 Å². The maximum atomic E-state index is 12.4. The summed E-state index contributed by atoms with van der Waals surface area (Å²) < 4.78 is 0. The van der Waals surface area contributed by atoms with E-state index in [4.69, 9.17) is 0 Å². The smallest absolute Gasteiger partial charge is 0.246 e. The van der Waals surface area contributed by atoms with Gasteiger partial charge in [-0.15, -0.1) is 11.3 Å². The van der Waals surface area contributed by atoms with Crippen LogP contribution in [0.2, 0.25) is 0 Å². The van der Waals surface area contributed by atoms with Crippen LogP contribution in [0.5, 0.6) is 0 Å². The summed E-state index contributed by atoms with van der Waals surface area (Å²) in [5, 5.41) is 2.01. The molecule has 1 aliphatic heterocycles. The SMILES string of the molecule is O=C(/C=C\c1cccs1)N1CCN(c2cc(-c3ccccc3)ncn2)CC1. The van der Waals surface area contributed by atoms with Crippen molar-refractivity contribution in [3.63, 3.8) is 0 Å². The van der Waals surface area contributed by atoms with Gasteiger partial charge in [-0.3, -0.25) is 4.79 Å². The number of benzene rings is 1. The van der Waals surface area contributed by atoms with Crippen molar-refractivity contribution in [3.8, 4) is 11.3 Å². The molecule has 136 valence electrons. The molecule has 27 heavy (non-hydrogen) atoms. The van der Waals surface area contributed by atoms with Crippen molar-refractivity contribution in [2.75, 3.05) is 31.1 Å². The fourth-order valence-electron chi connectivity index (χ4n) is 3.09. The molecule has 0 radical (unpaired) electrons. The molecule has 4 rings (SSSR count). The predicted molar refractivity (Wildman–Crippen MR) is 110 cm³/mol. The minimum atomic E-state index is 0.0655. The highest BCUT2D eigenvalue weighted by molar-refractivity contribution is 7.10. The molecule has 1 saturated heterocycles. The van der Waals surface area contributed by atoms with Crippen LogP contribution in [-0.2, 0) is 4.79 Å². The molecule has 1 fully saturated rings. The van der Waals surface area contributed by atoms with Gasteiger partial charge >= 0.3 is 0 Å². The van der Waals surface area contributed by atoms with E-state index in [9.17, 15) is 4.79 Å². The average Bonchev–Trinajstić information content (AvgIpc) is 3.27. The molecule has 5 nitrogen and oxygen atoms in total. The summed E-state index contributed by atoms with van der Waals surface area (Å²) >= 11 is 1.63. The lowest BCUT2D eigenvalue weighted by Crippen LogP contribution is -2.48. The minimum Gasteiger partial charge on any atom is -0.353 e. The van der Waals surface area contributed by atoms with Gasteiger partial charge in [-0.25, -0.2) is 9.97 Å². The average molecular weight is 376 g/mol. The molecular weight excluding hydrogens is 356 g/mol. The van der Waals surface area contributed by atoms with Crippen molar-refractivity contribution >= 4 is 29.1 Å². The molecule has 0 bridgehead atoms. The van der Waals surface area contributed by atoms with E-state index in [0.29, 0.717) is 13.1 Å². The summed E-state index contributed by atoms with van der Waals surface area (Å²) in [7, 11) is 0. The van der Waals surface area contributed by atoms with Gasteiger partial charge in [-0.1, -0.05) is 36.4 Å². The van der Waals surface area contributed by atoms with Gasteiger partial charge in [0.2, 0.25) is 5.91 Å². The van der Waals surface area contributed by atoms with E-state index in [2.05, 4.69) is 14.9 Å². The van der Waals surface area contributed by atoms with Crippen molar-refractivity contribution in [3.05, 3.63) is 71.2 Å². The fourth-order valence-corrected chi connectivity index (χ4v) is 3.71. The van der Waals surface area contributed by atoms with E-state index < -0.39 is 0 Å². The van der Waals surface area contributed by atoms with Crippen molar-refractivity contribution in [2.45, 2.75) is 0 Å². The first kappa shape index (κ1) is 17.4. The number of nitrogens with zero attached hydrogens (tertiary/aromatic N) is 4. The number of aromatic nitrogens is 2. The molecule has 0 aliphatic carbocycles. The molecule has 6 heteroatoms. The number of rotatable bonds is 4. The molecule has 1 amide bonds. The number of hydrogen-bond donors (Lipinski definition) is 0. The van der Waals surface area contributed by atoms with E-state index in [1.54, 1.807) is 23.7 Å². The lowest BCUT2D eigenvalue weighted by molar-refractivity contribution is -0.126. The number of hydrogen-bond acceptors (Lipinski definition) is 5. The zero-order valence-corrected chi connectivity index (χ0v) is 15.7. The van der Waals surface area contributed by atoms with Crippen LogP contribution < -0.4 is 4.90 Å². The Labute approximate surface area is 162 Å². The van der Waals surface area contributed by atoms with Crippen LogP contribution in [0.3, 0.4) is 0 Å². The van der Waals surface area contributed by atoms with Crippen molar-refractivity contribution in [1.29, 1.82) is 0 Å². The maximum absolute atomic E-state index is 12.4. The van der Waals surface area contributed by atoms with Gasteiger partial charge in [0.25, 0.3) is 0 Å². The predicted octanol–water partition coefficient (Wildman–Crippen LogP) is 3.57. The third-order valence-corrected chi connectivity index (χ3v) is 5.41. The molecule has 1 aromatic carbocycles. The van der Waals surface area contributed by atoms with Gasteiger partial charge in [0.1, 0.15) is 12.1 Å². The first-order valence-corrected chi connectivity index (χ1v) is 9.80. The zero-order chi connectivity index (χ0) is 18.5. The molecule has 3 heterocycles. The summed E-state index contributed by atoms with van der Waals surface area (Å²) in [6.45, 7) is 2.92. The Bertz CT molecular complexity index is 916. The van der Waals surface area contributed by atoms with Crippen LogP contribution in [0.25, 0.3) is 17.3 Å². The van der Waals surface area contributed by atoms with Gasteiger partial charge < -0.3 is 9.80 Å². The minimum absolute atomic E-state index is 0.0655. The van der Waals surface area contributed by atoms with Crippen LogP contribution in [0.1, 0.15) is 4.88 Å². The normalized spacial score (nSPS) is 14.7. The van der Waals surface area contributed by atoms with E-state index in [1.807, 2.05) is 64.9 Å². The van der Waals surface area contributed by atoms with Gasteiger partial charge in [0.15, 0.2) is 0 Å². The largest absolute Gasteiger partial charge is 0.353 e. The van der Waals surface area contributed by atoms with E-state index in [1.165, 1.54) is 0 Å². The zero-order valence-electron chi connectivity index (χ0n) is 14.9. The second-order valence-corrected chi connectivity index (χ2v) is 7.27. The van der Waals surface area contributed by atoms with Crippen LogP contribution in [0.4, 0.5) is 5.82 Å². The number of piperazine rings is 1. The second kappa shape index (κ2) is 8.14. The standard InChI is InChI=1S/C21H20N4OS/c26-21(9-8-18-7-4-14-27-18)25-12-10-24(11-13-25)20-15-19(22-16-23-20)17-5-2-1-3-6-17/h1-9,14-16H,10-13H2/b9-8-. The van der Waals surface area contributed by atoms with E-state index in [0.717, 1.165) is 35.0 Å². The van der Waals surface area contributed by atoms with Gasteiger partial charge in [-0.05, 0) is 17.5 Å². The number of anilines is 1. The van der Waals surface area contributed by atoms with Crippen molar-refractivity contribution in [1.82, 2.24) is 14.9 Å². The summed E-state index contributed by atoms with van der Waals surface area (Å²) in [6, 6.07) is 16.1. The number of amides is 1. The third kappa shape index (κ3) is 4.23. The summed E-state index contributed by atoms with van der Waals surface area (Å²) in [5.74, 6) is 0.973. The lowest BCUT2D eigenvalue weighted by atomic mass is 10.1. The fraction of sp³-hybridized carbons (Fsp3) is 0.190. The van der Waals surface area contributed by atoms with Crippen LogP contribution in [0.15, 0.2) is 66.3 Å². The van der Waals surface area contributed by atoms with Crippen LogP contribution in [-0.4, -0.2) is 47.0 Å². The number of carbonyl (C=O) groups excluding carboxylic acids is 1. The Morgan fingerprint density at radius 1 is 1.00 bits per heavy atom. The Balaban J connectivity index is 1.39. The highest BCUT2D eigenvalue weighted by atomic mass is 32.1. The highest BCUT2D eigenvalue weighted by Gasteiger charge is 2.21. The first-order chi connectivity index (χ1) is 13.3. The van der Waals surface area contributed by atoms with Gasteiger partial charge in [0, 0.05) is 48.8 Å². The van der Waals surface area contributed by atoms with Gasteiger partial charge in [-0.2, -0.15) is 0 Å². The molecule has 0 atom stereocenters. The topological polar surface area (TPSA) is 49.3 Å². The lowest BCUT2D eigenvalue weighted by Gasteiger charge is -2.35. The maximum Gasteiger partial charge on any atom is 0.246 e. The molecule has 2 aromatic heterocycles. The third-order valence-electron chi connectivity index (χ3n) is 4.57. The monoisotopic (exact) mass is 376 g/mol. The molecule has 0 N–H and O–H groups in total. The number of thiophene rings is 1. The number of carbonyl (C=O) groups is 1.